The maximum Gasteiger partial charge on any atom is 0.148 e. The van der Waals surface area contributed by atoms with Crippen molar-refractivity contribution in [3.63, 3.8) is 0 Å². The summed E-state index contributed by atoms with van der Waals surface area (Å²) in [7, 11) is 0. The van der Waals surface area contributed by atoms with Crippen molar-refractivity contribution in [1.29, 1.82) is 0 Å². The first-order chi connectivity index (χ1) is 10.2. The second kappa shape index (κ2) is 7.96. The minimum atomic E-state index is 0.498. The maximum absolute atomic E-state index is 5.94. The third kappa shape index (κ3) is 4.31. The molecule has 0 unspecified atom stereocenters. The van der Waals surface area contributed by atoms with E-state index in [1.165, 1.54) is 5.56 Å². The summed E-state index contributed by atoms with van der Waals surface area (Å²) in [4.78, 5) is 4.15. The second-order valence-electron chi connectivity index (χ2n) is 4.63. The number of hydrogen-bond donors (Lipinski definition) is 1. The zero-order valence-corrected chi connectivity index (χ0v) is 15.4. The Morgan fingerprint density at radius 1 is 1.24 bits per heavy atom. The van der Waals surface area contributed by atoms with Crippen LogP contribution in [0.25, 0.3) is 0 Å². The predicted octanol–water partition coefficient (Wildman–Crippen LogP) is 4.12. The molecule has 4 nitrogen and oxygen atoms in total. The molecule has 0 aliphatic carbocycles. The molecule has 0 aliphatic rings. The van der Waals surface area contributed by atoms with Crippen LogP contribution in [0.5, 0.6) is 5.75 Å². The fourth-order valence-corrected chi connectivity index (χ4v) is 3.53. The highest BCUT2D eigenvalue weighted by molar-refractivity contribution is 9.11. The van der Waals surface area contributed by atoms with Gasteiger partial charge in [0, 0.05) is 13.1 Å². The number of ether oxygens (including phenoxy) is 1. The monoisotopic (exact) mass is 415 g/mol. The van der Waals surface area contributed by atoms with Crippen molar-refractivity contribution in [2.75, 3.05) is 6.54 Å². The third-order valence-electron chi connectivity index (χ3n) is 3.14. The summed E-state index contributed by atoms with van der Waals surface area (Å²) < 4.78 is 9.91. The number of hydrogen-bond acceptors (Lipinski definition) is 3. The second-order valence-corrected chi connectivity index (χ2v) is 6.34. The van der Waals surface area contributed by atoms with Crippen LogP contribution in [-0.4, -0.2) is 16.1 Å². The number of nitrogens with zero attached hydrogens (tertiary/aromatic N) is 2. The lowest BCUT2D eigenvalue weighted by Gasteiger charge is -2.13. The van der Waals surface area contributed by atoms with E-state index in [1.54, 1.807) is 0 Å². The highest BCUT2D eigenvalue weighted by Gasteiger charge is 2.10. The standard InChI is InChI=1S/C15H19Br2N3O/c1-3-18-7-11-5-13(16)15(14(17)6-11)21-9-12-8-19-10-20(12)4-2/h5-6,8,10,18H,3-4,7,9H2,1-2H3. The van der Waals surface area contributed by atoms with Gasteiger partial charge in [-0.3, -0.25) is 0 Å². The van der Waals surface area contributed by atoms with E-state index >= 15 is 0 Å². The van der Waals surface area contributed by atoms with Crippen LogP contribution in [0.1, 0.15) is 25.1 Å². The van der Waals surface area contributed by atoms with E-state index in [4.69, 9.17) is 4.74 Å². The van der Waals surface area contributed by atoms with E-state index in [1.807, 2.05) is 12.5 Å². The average molecular weight is 417 g/mol. The van der Waals surface area contributed by atoms with Gasteiger partial charge in [0.1, 0.15) is 12.4 Å². The zero-order valence-electron chi connectivity index (χ0n) is 12.2. The molecule has 6 heteroatoms. The van der Waals surface area contributed by atoms with Gasteiger partial charge in [0.2, 0.25) is 0 Å². The quantitative estimate of drug-likeness (QED) is 0.737. The van der Waals surface area contributed by atoms with Crippen molar-refractivity contribution in [3.8, 4) is 5.75 Å². The first-order valence-electron chi connectivity index (χ1n) is 6.96. The Labute approximate surface area is 142 Å². The van der Waals surface area contributed by atoms with E-state index in [2.05, 4.69) is 72.7 Å². The van der Waals surface area contributed by atoms with Gasteiger partial charge in [-0.1, -0.05) is 6.92 Å². The largest absolute Gasteiger partial charge is 0.485 e. The maximum atomic E-state index is 5.94. The van der Waals surface area contributed by atoms with Crippen molar-refractivity contribution in [2.45, 2.75) is 33.5 Å². The number of nitrogens with one attached hydrogen (secondary N) is 1. The van der Waals surface area contributed by atoms with Crippen molar-refractivity contribution >= 4 is 31.9 Å². The fraction of sp³-hybridized carbons (Fsp3) is 0.400. The molecule has 0 spiro atoms. The topological polar surface area (TPSA) is 39.1 Å². The number of rotatable bonds is 7. The summed E-state index contributed by atoms with van der Waals surface area (Å²) in [5.41, 5.74) is 2.27. The van der Waals surface area contributed by atoms with Crippen LogP contribution < -0.4 is 10.1 Å². The molecule has 0 atom stereocenters. The van der Waals surface area contributed by atoms with E-state index in [0.717, 1.165) is 40.0 Å². The van der Waals surface area contributed by atoms with Gasteiger partial charge >= 0.3 is 0 Å². The SMILES string of the molecule is CCNCc1cc(Br)c(OCc2cncn2CC)c(Br)c1. The highest BCUT2D eigenvalue weighted by atomic mass is 79.9. The Kier molecular flexibility index (Phi) is 6.26. The molecule has 21 heavy (non-hydrogen) atoms. The lowest BCUT2D eigenvalue weighted by molar-refractivity contribution is 0.291. The molecule has 1 aromatic heterocycles. The molecule has 2 rings (SSSR count). The van der Waals surface area contributed by atoms with Crippen molar-refractivity contribution < 1.29 is 4.74 Å². The summed E-state index contributed by atoms with van der Waals surface area (Å²) in [5.74, 6) is 0.819. The normalized spacial score (nSPS) is 10.9. The Morgan fingerprint density at radius 3 is 2.57 bits per heavy atom. The summed E-state index contributed by atoms with van der Waals surface area (Å²) in [6.45, 7) is 7.37. The predicted molar refractivity (Wildman–Crippen MR) is 91.5 cm³/mol. The van der Waals surface area contributed by atoms with E-state index in [-0.39, 0.29) is 0 Å². The van der Waals surface area contributed by atoms with Crippen LogP contribution in [0.2, 0.25) is 0 Å². The lowest BCUT2D eigenvalue weighted by Crippen LogP contribution is -2.12. The van der Waals surface area contributed by atoms with Crippen LogP contribution in [0.3, 0.4) is 0 Å². The average Bonchev–Trinajstić information content (AvgIpc) is 2.91. The van der Waals surface area contributed by atoms with Gasteiger partial charge < -0.3 is 14.6 Å². The molecule has 0 saturated carbocycles. The minimum absolute atomic E-state index is 0.498. The molecule has 0 saturated heterocycles. The van der Waals surface area contributed by atoms with Gasteiger partial charge in [-0.2, -0.15) is 0 Å². The zero-order chi connectivity index (χ0) is 15.2. The Bertz CT molecular complexity index is 575. The summed E-state index contributed by atoms with van der Waals surface area (Å²) in [5, 5.41) is 3.31. The van der Waals surface area contributed by atoms with Gasteiger partial charge in [-0.05, 0) is 63.0 Å². The van der Waals surface area contributed by atoms with E-state index in [0.29, 0.717) is 6.61 Å². The molecular weight excluding hydrogens is 398 g/mol. The highest BCUT2D eigenvalue weighted by Crippen LogP contribution is 2.35. The number of aromatic nitrogens is 2. The van der Waals surface area contributed by atoms with E-state index in [9.17, 15) is 0 Å². The van der Waals surface area contributed by atoms with Crippen molar-refractivity contribution in [1.82, 2.24) is 14.9 Å². The molecule has 2 aromatic rings. The third-order valence-corrected chi connectivity index (χ3v) is 4.32. The van der Waals surface area contributed by atoms with Gasteiger partial charge in [0.05, 0.1) is 27.2 Å². The Balaban J connectivity index is 2.09. The van der Waals surface area contributed by atoms with Crippen LogP contribution in [0.15, 0.2) is 33.6 Å². The summed E-state index contributed by atoms with van der Waals surface area (Å²) >= 11 is 7.17. The molecule has 114 valence electrons. The number of halogens is 2. The number of imidazole rings is 1. The lowest BCUT2D eigenvalue weighted by atomic mass is 10.2. The van der Waals surface area contributed by atoms with E-state index < -0.39 is 0 Å². The molecule has 1 heterocycles. The summed E-state index contributed by atoms with van der Waals surface area (Å²) in [6, 6.07) is 4.17. The summed E-state index contributed by atoms with van der Waals surface area (Å²) in [6.07, 6.45) is 3.66. The van der Waals surface area contributed by atoms with Crippen LogP contribution in [0, 0.1) is 0 Å². The number of aryl methyl sites for hydroxylation is 1. The molecule has 0 aliphatic heterocycles. The molecule has 0 bridgehead atoms. The molecule has 1 N–H and O–H groups in total. The first kappa shape index (κ1) is 16.5. The molecule has 0 radical (unpaired) electrons. The van der Waals surface area contributed by atoms with Gasteiger partial charge in [-0.25, -0.2) is 4.98 Å². The molecule has 1 aromatic carbocycles. The van der Waals surface area contributed by atoms with Gasteiger partial charge in [-0.15, -0.1) is 0 Å². The molecule has 0 fully saturated rings. The minimum Gasteiger partial charge on any atom is -0.485 e. The molecule has 0 amide bonds. The van der Waals surface area contributed by atoms with Crippen molar-refractivity contribution in [2.24, 2.45) is 0 Å². The first-order valence-corrected chi connectivity index (χ1v) is 8.54. The fourth-order valence-electron chi connectivity index (χ4n) is 2.02. The Morgan fingerprint density at radius 2 is 1.95 bits per heavy atom. The van der Waals surface area contributed by atoms with Gasteiger partial charge in [0.15, 0.2) is 0 Å². The van der Waals surface area contributed by atoms with Crippen LogP contribution in [-0.2, 0) is 19.7 Å². The molecular formula is C15H19Br2N3O. The van der Waals surface area contributed by atoms with Crippen molar-refractivity contribution in [3.05, 3.63) is 44.9 Å². The van der Waals surface area contributed by atoms with Gasteiger partial charge in [0.25, 0.3) is 0 Å². The smallest absolute Gasteiger partial charge is 0.148 e. The Hall–Kier alpha value is -0.850. The number of benzene rings is 1. The van der Waals surface area contributed by atoms with Crippen LogP contribution >= 0.6 is 31.9 Å². The van der Waals surface area contributed by atoms with Crippen LogP contribution in [0.4, 0.5) is 0 Å².